The van der Waals surface area contributed by atoms with Crippen LogP contribution in [0.1, 0.15) is 13.8 Å². The van der Waals surface area contributed by atoms with Crippen molar-refractivity contribution in [1.82, 2.24) is 0 Å². The van der Waals surface area contributed by atoms with Crippen LogP contribution in [-0.2, 0) is 9.47 Å². The van der Waals surface area contributed by atoms with Gasteiger partial charge in [0.05, 0.1) is 25.4 Å². The lowest BCUT2D eigenvalue weighted by Crippen LogP contribution is -2.23. The third-order valence-corrected chi connectivity index (χ3v) is 2.55. The van der Waals surface area contributed by atoms with Gasteiger partial charge in [-0.25, -0.2) is 0 Å². The Morgan fingerprint density at radius 3 is 1.70 bits per heavy atom. The van der Waals surface area contributed by atoms with Gasteiger partial charge in [-0.3, -0.25) is 0 Å². The van der Waals surface area contributed by atoms with E-state index in [1.165, 1.54) is 0 Å². The molecular formula is C8H14O2. The Bertz CT molecular complexity index is 119. The largest absolute Gasteiger partial charge is 0.375 e. The summed E-state index contributed by atoms with van der Waals surface area (Å²) in [4.78, 5) is 0. The molecule has 0 bridgehead atoms. The quantitative estimate of drug-likeness (QED) is 0.503. The lowest BCUT2D eigenvalue weighted by Gasteiger charge is -2.10. The minimum atomic E-state index is 0.398. The maximum absolute atomic E-state index is 5.58. The van der Waals surface area contributed by atoms with Crippen LogP contribution >= 0.6 is 0 Å². The van der Waals surface area contributed by atoms with Gasteiger partial charge in [-0.05, 0) is 0 Å². The fourth-order valence-electron chi connectivity index (χ4n) is 1.88. The Hall–Kier alpha value is -0.0800. The van der Waals surface area contributed by atoms with E-state index in [0.29, 0.717) is 24.0 Å². The molecule has 0 unspecified atom stereocenters. The Morgan fingerprint density at radius 2 is 1.30 bits per heavy atom. The van der Waals surface area contributed by atoms with Crippen molar-refractivity contribution in [3.63, 3.8) is 0 Å². The second-order valence-corrected chi connectivity index (χ2v) is 3.55. The molecule has 0 N–H and O–H groups in total. The molecule has 0 aromatic heterocycles. The monoisotopic (exact) mass is 142 g/mol. The van der Waals surface area contributed by atoms with Gasteiger partial charge < -0.3 is 9.47 Å². The molecule has 2 nitrogen and oxygen atoms in total. The molecule has 2 fully saturated rings. The average Bonchev–Trinajstić information content (AvgIpc) is 2.41. The highest BCUT2D eigenvalue weighted by molar-refractivity contribution is 4.90. The van der Waals surface area contributed by atoms with Gasteiger partial charge in [0.15, 0.2) is 0 Å². The lowest BCUT2D eigenvalue weighted by atomic mass is 9.99. The van der Waals surface area contributed by atoms with Crippen molar-refractivity contribution in [3.8, 4) is 0 Å². The summed E-state index contributed by atoms with van der Waals surface area (Å²) in [7, 11) is 0. The molecule has 2 saturated heterocycles. The highest BCUT2D eigenvalue weighted by Gasteiger charge is 2.43. The average molecular weight is 142 g/mol. The number of hydrogen-bond acceptors (Lipinski definition) is 2. The van der Waals surface area contributed by atoms with Crippen LogP contribution in [0.4, 0.5) is 0 Å². The van der Waals surface area contributed by atoms with Crippen LogP contribution in [0.5, 0.6) is 0 Å². The van der Waals surface area contributed by atoms with Crippen LogP contribution in [0.3, 0.4) is 0 Å². The summed E-state index contributed by atoms with van der Waals surface area (Å²) in [5.74, 6) is 1.21. The van der Waals surface area contributed by atoms with Crippen LogP contribution in [0, 0.1) is 11.8 Å². The summed E-state index contributed by atoms with van der Waals surface area (Å²) in [5.41, 5.74) is 0. The van der Waals surface area contributed by atoms with Crippen molar-refractivity contribution in [2.45, 2.75) is 26.1 Å². The fraction of sp³-hybridized carbons (Fsp3) is 1.00. The summed E-state index contributed by atoms with van der Waals surface area (Å²) < 4.78 is 11.2. The number of ether oxygens (including phenoxy) is 2. The van der Waals surface area contributed by atoms with Crippen molar-refractivity contribution in [2.75, 3.05) is 13.2 Å². The molecule has 2 aliphatic heterocycles. The van der Waals surface area contributed by atoms with Gasteiger partial charge in [0.25, 0.3) is 0 Å². The van der Waals surface area contributed by atoms with Crippen molar-refractivity contribution < 1.29 is 9.47 Å². The van der Waals surface area contributed by atoms with E-state index in [0.717, 1.165) is 13.2 Å². The molecule has 4 atom stereocenters. The van der Waals surface area contributed by atoms with Gasteiger partial charge in [-0.2, -0.15) is 0 Å². The van der Waals surface area contributed by atoms with Gasteiger partial charge in [-0.15, -0.1) is 0 Å². The fourth-order valence-corrected chi connectivity index (χ4v) is 1.88. The third kappa shape index (κ3) is 0.789. The topological polar surface area (TPSA) is 18.5 Å². The van der Waals surface area contributed by atoms with Crippen LogP contribution in [-0.4, -0.2) is 25.4 Å². The Balaban J connectivity index is 2.09. The minimum absolute atomic E-state index is 0.398. The number of fused-ring (bicyclic) bond motifs is 1. The van der Waals surface area contributed by atoms with E-state index in [2.05, 4.69) is 13.8 Å². The summed E-state index contributed by atoms with van der Waals surface area (Å²) in [6.07, 6.45) is 0.796. The molecule has 58 valence electrons. The number of rotatable bonds is 0. The second-order valence-electron chi connectivity index (χ2n) is 3.55. The second kappa shape index (κ2) is 2.21. The highest BCUT2D eigenvalue weighted by atomic mass is 16.6. The van der Waals surface area contributed by atoms with E-state index in [9.17, 15) is 0 Å². The van der Waals surface area contributed by atoms with E-state index < -0.39 is 0 Å². The van der Waals surface area contributed by atoms with Gasteiger partial charge >= 0.3 is 0 Å². The predicted molar refractivity (Wildman–Crippen MR) is 37.8 cm³/mol. The van der Waals surface area contributed by atoms with Crippen molar-refractivity contribution in [3.05, 3.63) is 0 Å². The minimum Gasteiger partial charge on any atom is -0.375 e. The van der Waals surface area contributed by atoms with Crippen molar-refractivity contribution >= 4 is 0 Å². The van der Waals surface area contributed by atoms with E-state index in [4.69, 9.17) is 9.47 Å². The normalized spacial score (nSPS) is 53.4. The first kappa shape index (κ1) is 6.62. The van der Waals surface area contributed by atoms with Gasteiger partial charge in [0, 0.05) is 11.8 Å². The molecule has 0 aromatic rings. The van der Waals surface area contributed by atoms with Crippen LogP contribution in [0.15, 0.2) is 0 Å². The zero-order valence-corrected chi connectivity index (χ0v) is 6.54. The van der Waals surface area contributed by atoms with Crippen molar-refractivity contribution in [2.24, 2.45) is 11.8 Å². The summed E-state index contributed by atoms with van der Waals surface area (Å²) in [6, 6.07) is 0. The summed E-state index contributed by atoms with van der Waals surface area (Å²) in [6.45, 7) is 6.17. The first-order chi connectivity index (χ1) is 4.79. The molecule has 2 aliphatic rings. The zero-order chi connectivity index (χ0) is 7.14. The van der Waals surface area contributed by atoms with Gasteiger partial charge in [-0.1, -0.05) is 13.8 Å². The third-order valence-electron chi connectivity index (χ3n) is 2.55. The summed E-state index contributed by atoms with van der Waals surface area (Å²) in [5, 5.41) is 0. The standard InChI is InChI=1S/C8H14O2/c1-5-3-9-8-6(2)4-10-7(5)8/h5-8H,3-4H2,1-2H3/t5-,6-,7-,8+/m0/s1. The number of hydrogen-bond donors (Lipinski definition) is 0. The maximum Gasteiger partial charge on any atom is 0.0887 e. The first-order valence-corrected chi connectivity index (χ1v) is 4.02. The predicted octanol–water partition coefficient (Wildman–Crippen LogP) is 1.06. The molecule has 2 heterocycles. The maximum atomic E-state index is 5.58. The van der Waals surface area contributed by atoms with Crippen molar-refractivity contribution in [1.29, 1.82) is 0 Å². The van der Waals surface area contributed by atoms with E-state index >= 15 is 0 Å². The first-order valence-electron chi connectivity index (χ1n) is 4.02. The van der Waals surface area contributed by atoms with Crippen LogP contribution < -0.4 is 0 Å². The van der Waals surface area contributed by atoms with E-state index in [1.807, 2.05) is 0 Å². The zero-order valence-electron chi connectivity index (χ0n) is 6.54. The van der Waals surface area contributed by atoms with Gasteiger partial charge in [0.1, 0.15) is 0 Å². The molecule has 0 aliphatic carbocycles. The van der Waals surface area contributed by atoms with E-state index in [1.54, 1.807) is 0 Å². The molecule has 0 saturated carbocycles. The molecular weight excluding hydrogens is 128 g/mol. The Morgan fingerprint density at radius 1 is 0.900 bits per heavy atom. The van der Waals surface area contributed by atoms with Crippen LogP contribution in [0.25, 0.3) is 0 Å². The van der Waals surface area contributed by atoms with Crippen LogP contribution in [0.2, 0.25) is 0 Å². The molecule has 2 heteroatoms. The molecule has 0 radical (unpaired) electrons. The Labute approximate surface area is 61.5 Å². The molecule has 0 spiro atoms. The van der Waals surface area contributed by atoms with E-state index in [-0.39, 0.29) is 0 Å². The summed E-state index contributed by atoms with van der Waals surface area (Å²) >= 11 is 0. The highest BCUT2D eigenvalue weighted by Crippen LogP contribution is 2.33. The smallest absolute Gasteiger partial charge is 0.0887 e. The molecule has 10 heavy (non-hydrogen) atoms. The molecule has 0 amide bonds. The molecule has 2 rings (SSSR count). The molecule has 0 aromatic carbocycles. The lowest BCUT2D eigenvalue weighted by molar-refractivity contribution is 0.0627. The Kier molecular flexibility index (Phi) is 1.46. The van der Waals surface area contributed by atoms with Gasteiger partial charge in [0.2, 0.25) is 0 Å². The SMILES string of the molecule is C[C@H]1CO[C@H]2[C@H]1OC[C@@H]2C.